The minimum Gasteiger partial charge on any atom is -0.375 e. The first-order valence-corrected chi connectivity index (χ1v) is 10.3. The second kappa shape index (κ2) is 7.64. The number of hydrogen-bond acceptors (Lipinski definition) is 3. The number of H-pyrrole nitrogens is 1. The number of fused-ring (bicyclic) bond motifs is 1. The fourth-order valence-electron chi connectivity index (χ4n) is 4.60. The molecule has 5 heteroatoms. The number of carbonyl (C=O) groups excluding carboxylic acids is 1. The molecule has 1 N–H and O–H groups in total. The van der Waals surface area contributed by atoms with Crippen LogP contribution in [0.1, 0.15) is 46.4 Å². The molecule has 0 radical (unpaired) electrons. The fourth-order valence-corrected chi connectivity index (χ4v) is 4.60. The second-order valence-corrected chi connectivity index (χ2v) is 8.23. The van der Waals surface area contributed by atoms with Crippen molar-refractivity contribution in [2.75, 3.05) is 39.3 Å². The Balaban J connectivity index is 1.56. The maximum absolute atomic E-state index is 13.3. The normalized spacial score (nSPS) is 21.7. The Morgan fingerprint density at radius 3 is 2.70 bits per heavy atom. The third kappa shape index (κ3) is 3.76. The van der Waals surface area contributed by atoms with Gasteiger partial charge in [-0.3, -0.25) is 4.79 Å². The van der Waals surface area contributed by atoms with Crippen LogP contribution in [0, 0.1) is 20.8 Å². The van der Waals surface area contributed by atoms with Gasteiger partial charge in [-0.1, -0.05) is 11.6 Å². The lowest BCUT2D eigenvalue weighted by molar-refractivity contribution is 0.0296. The zero-order valence-corrected chi connectivity index (χ0v) is 16.8. The minimum atomic E-state index is 0.109. The van der Waals surface area contributed by atoms with Crippen molar-refractivity contribution in [3.63, 3.8) is 0 Å². The Morgan fingerprint density at radius 1 is 1.15 bits per heavy atom. The summed E-state index contributed by atoms with van der Waals surface area (Å²) < 4.78 is 6.06. The Bertz CT molecular complexity index is 836. The lowest BCUT2D eigenvalue weighted by Crippen LogP contribution is -2.42. The van der Waals surface area contributed by atoms with Gasteiger partial charge >= 0.3 is 0 Å². The molecule has 2 saturated heterocycles. The molecular formula is C22H31N3O2. The van der Waals surface area contributed by atoms with Crippen molar-refractivity contribution in [3.8, 4) is 0 Å². The standard InChI is InChI=1S/C22H31N3O2/c1-15-11-16(2)20-19(12-15)17(3)21(23-20)22(26)25-9-6-10-27-18(14-25)13-24-7-4-5-8-24/h11-12,18,23H,4-10,13-14H2,1-3H3. The van der Waals surface area contributed by atoms with Crippen LogP contribution in [-0.2, 0) is 4.74 Å². The molecule has 27 heavy (non-hydrogen) atoms. The van der Waals surface area contributed by atoms with E-state index in [2.05, 4.69) is 42.8 Å². The predicted octanol–water partition coefficient (Wildman–Crippen LogP) is 3.42. The highest BCUT2D eigenvalue weighted by Gasteiger charge is 2.28. The molecule has 2 aliphatic rings. The van der Waals surface area contributed by atoms with Crippen molar-refractivity contribution in [3.05, 3.63) is 34.5 Å². The van der Waals surface area contributed by atoms with Gasteiger partial charge in [0.05, 0.1) is 6.10 Å². The molecule has 0 saturated carbocycles. The van der Waals surface area contributed by atoms with Gasteiger partial charge in [0.15, 0.2) is 0 Å². The summed E-state index contributed by atoms with van der Waals surface area (Å²) in [5.74, 6) is 0.109. The van der Waals surface area contributed by atoms with Crippen molar-refractivity contribution >= 4 is 16.8 Å². The summed E-state index contributed by atoms with van der Waals surface area (Å²) in [5.41, 5.74) is 5.30. The third-order valence-corrected chi connectivity index (χ3v) is 6.02. The Labute approximate surface area is 161 Å². The SMILES string of the molecule is Cc1cc(C)c2[nH]c(C(=O)N3CCCOC(CN4CCCC4)C3)c(C)c2c1. The van der Waals surface area contributed by atoms with Crippen molar-refractivity contribution in [1.29, 1.82) is 0 Å². The third-order valence-electron chi connectivity index (χ3n) is 6.02. The summed E-state index contributed by atoms with van der Waals surface area (Å²) in [7, 11) is 0. The molecule has 0 aliphatic carbocycles. The molecule has 2 aromatic rings. The zero-order valence-electron chi connectivity index (χ0n) is 16.8. The van der Waals surface area contributed by atoms with E-state index < -0.39 is 0 Å². The van der Waals surface area contributed by atoms with E-state index in [-0.39, 0.29) is 12.0 Å². The Kier molecular flexibility index (Phi) is 5.24. The van der Waals surface area contributed by atoms with Crippen LogP contribution < -0.4 is 0 Å². The fraction of sp³-hybridized carbons (Fsp3) is 0.591. The number of nitrogens with one attached hydrogen (secondary N) is 1. The van der Waals surface area contributed by atoms with Gasteiger partial charge in [0, 0.05) is 37.1 Å². The molecule has 5 nitrogen and oxygen atoms in total. The Morgan fingerprint density at radius 2 is 1.93 bits per heavy atom. The van der Waals surface area contributed by atoms with Gasteiger partial charge in [-0.2, -0.15) is 0 Å². The van der Waals surface area contributed by atoms with Crippen molar-refractivity contribution in [2.45, 2.75) is 46.1 Å². The molecule has 1 unspecified atom stereocenters. The highest BCUT2D eigenvalue weighted by atomic mass is 16.5. The van der Waals surface area contributed by atoms with Gasteiger partial charge < -0.3 is 19.5 Å². The number of aromatic nitrogens is 1. The molecule has 0 spiro atoms. The minimum absolute atomic E-state index is 0.109. The van der Waals surface area contributed by atoms with E-state index in [1.54, 1.807) is 0 Å². The number of carbonyl (C=O) groups is 1. The van der Waals surface area contributed by atoms with Gasteiger partial charge in [0.1, 0.15) is 5.69 Å². The van der Waals surface area contributed by atoms with Crippen LogP contribution >= 0.6 is 0 Å². The van der Waals surface area contributed by atoms with E-state index in [1.807, 2.05) is 4.90 Å². The predicted molar refractivity (Wildman–Crippen MR) is 108 cm³/mol. The molecular weight excluding hydrogens is 338 g/mol. The number of nitrogens with zero attached hydrogens (tertiary/aromatic N) is 2. The topological polar surface area (TPSA) is 48.6 Å². The number of likely N-dealkylation sites (tertiary alicyclic amines) is 1. The summed E-state index contributed by atoms with van der Waals surface area (Å²) in [6.07, 6.45) is 3.58. The maximum Gasteiger partial charge on any atom is 0.270 e. The van der Waals surface area contributed by atoms with E-state index in [1.165, 1.54) is 24.0 Å². The summed E-state index contributed by atoms with van der Waals surface area (Å²) in [6.45, 7) is 11.7. The van der Waals surface area contributed by atoms with E-state index in [0.717, 1.165) is 61.4 Å². The van der Waals surface area contributed by atoms with Crippen LogP contribution in [0.4, 0.5) is 0 Å². The number of aryl methyl sites for hydroxylation is 3. The number of benzene rings is 1. The highest BCUT2D eigenvalue weighted by molar-refractivity contribution is 6.01. The first-order valence-electron chi connectivity index (χ1n) is 10.3. The van der Waals surface area contributed by atoms with Crippen LogP contribution in [-0.4, -0.2) is 66.1 Å². The van der Waals surface area contributed by atoms with E-state index in [9.17, 15) is 4.79 Å². The second-order valence-electron chi connectivity index (χ2n) is 8.23. The molecule has 4 rings (SSSR count). The molecule has 1 atom stereocenters. The van der Waals surface area contributed by atoms with Crippen LogP contribution in [0.2, 0.25) is 0 Å². The lowest BCUT2D eigenvalue weighted by Gasteiger charge is -2.27. The van der Waals surface area contributed by atoms with Crippen LogP contribution in [0.25, 0.3) is 10.9 Å². The molecule has 0 bridgehead atoms. The molecule has 1 amide bonds. The molecule has 1 aromatic heterocycles. The van der Waals surface area contributed by atoms with E-state index in [0.29, 0.717) is 6.54 Å². The van der Waals surface area contributed by atoms with Crippen LogP contribution in [0.15, 0.2) is 12.1 Å². The van der Waals surface area contributed by atoms with Crippen LogP contribution in [0.5, 0.6) is 0 Å². The Hall–Kier alpha value is -1.85. The summed E-state index contributed by atoms with van der Waals surface area (Å²) in [5, 5.41) is 1.16. The number of rotatable bonds is 3. The monoisotopic (exact) mass is 369 g/mol. The van der Waals surface area contributed by atoms with E-state index >= 15 is 0 Å². The van der Waals surface area contributed by atoms with Gasteiger partial charge in [0.2, 0.25) is 0 Å². The number of ether oxygens (including phenoxy) is 1. The average molecular weight is 370 g/mol. The molecule has 2 aliphatic heterocycles. The largest absolute Gasteiger partial charge is 0.375 e. The molecule has 146 valence electrons. The summed E-state index contributed by atoms with van der Waals surface area (Å²) in [6, 6.07) is 4.34. The first kappa shape index (κ1) is 18.5. The first-order chi connectivity index (χ1) is 13.0. The summed E-state index contributed by atoms with van der Waals surface area (Å²) in [4.78, 5) is 21.2. The molecule has 2 fully saturated rings. The average Bonchev–Trinajstić information content (AvgIpc) is 3.18. The van der Waals surface area contributed by atoms with Crippen molar-refractivity contribution in [1.82, 2.24) is 14.8 Å². The molecule has 1 aromatic carbocycles. The lowest BCUT2D eigenvalue weighted by atomic mass is 10.1. The van der Waals surface area contributed by atoms with Gasteiger partial charge in [-0.05, 0) is 70.3 Å². The van der Waals surface area contributed by atoms with Gasteiger partial charge in [-0.15, -0.1) is 0 Å². The van der Waals surface area contributed by atoms with E-state index in [4.69, 9.17) is 4.74 Å². The smallest absolute Gasteiger partial charge is 0.270 e. The number of amides is 1. The highest BCUT2D eigenvalue weighted by Crippen LogP contribution is 2.27. The van der Waals surface area contributed by atoms with Gasteiger partial charge in [0.25, 0.3) is 5.91 Å². The zero-order chi connectivity index (χ0) is 19.0. The summed E-state index contributed by atoms with van der Waals surface area (Å²) >= 11 is 0. The number of hydrogen-bond donors (Lipinski definition) is 1. The van der Waals surface area contributed by atoms with Crippen molar-refractivity contribution < 1.29 is 9.53 Å². The van der Waals surface area contributed by atoms with Crippen molar-refractivity contribution in [2.24, 2.45) is 0 Å². The van der Waals surface area contributed by atoms with Gasteiger partial charge in [-0.25, -0.2) is 0 Å². The maximum atomic E-state index is 13.3. The quantitative estimate of drug-likeness (QED) is 0.902. The number of aromatic amines is 1. The molecule has 3 heterocycles. The van der Waals surface area contributed by atoms with Crippen LogP contribution in [0.3, 0.4) is 0 Å².